The second-order valence-corrected chi connectivity index (χ2v) is 4.98. The Morgan fingerprint density at radius 3 is 2.75 bits per heavy atom. The van der Waals surface area contributed by atoms with Gasteiger partial charge in [0.15, 0.2) is 5.75 Å². The largest absolute Gasteiger partial charge is 0.573 e. The average molecular weight is 350 g/mol. The minimum atomic E-state index is -4.73. The molecule has 0 aliphatic heterocycles. The lowest BCUT2D eigenvalue weighted by Gasteiger charge is -2.15. The number of nitrogens with one attached hydrogen (secondary N) is 2. The predicted octanol–water partition coefficient (Wildman–Crippen LogP) is 3.99. The zero-order valence-corrected chi connectivity index (χ0v) is 12.0. The number of nitrogens with zero attached hydrogens (tertiary/aromatic N) is 1. The SMILES string of the molecule is Cc1[nH]ncc1CNc1ccc(Br)cc1OC(F)(F)F. The molecule has 0 aliphatic rings. The van der Waals surface area contributed by atoms with Crippen LogP contribution in [0.2, 0.25) is 0 Å². The van der Waals surface area contributed by atoms with Crippen molar-refractivity contribution in [2.75, 3.05) is 5.32 Å². The van der Waals surface area contributed by atoms with Gasteiger partial charge in [-0.3, -0.25) is 5.10 Å². The van der Waals surface area contributed by atoms with Crippen molar-refractivity contribution in [1.82, 2.24) is 10.2 Å². The van der Waals surface area contributed by atoms with Gasteiger partial charge in [0.1, 0.15) is 0 Å². The zero-order chi connectivity index (χ0) is 14.8. The summed E-state index contributed by atoms with van der Waals surface area (Å²) in [4.78, 5) is 0. The van der Waals surface area contributed by atoms with Crippen molar-refractivity contribution >= 4 is 21.6 Å². The molecule has 0 bridgehead atoms. The molecule has 4 nitrogen and oxygen atoms in total. The van der Waals surface area contributed by atoms with E-state index in [9.17, 15) is 13.2 Å². The highest BCUT2D eigenvalue weighted by Crippen LogP contribution is 2.33. The third kappa shape index (κ3) is 3.89. The highest BCUT2D eigenvalue weighted by molar-refractivity contribution is 9.10. The number of alkyl halides is 3. The predicted molar refractivity (Wildman–Crippen MR) is 71.5 cm³/mol. The minimum absolute atomic E-state index is 0.256. The highest BCUT2D eigenvalue weighted by Gasteiger charge is 2.32. The van der Waals surface area contributed by atoms with Crippen LogP contribution in [0.3, 0.4) is 0 Å². The normalized spacial score (nSPS) is 11.4. The smallest absolute Gasteiger partial charge is 0.404 e. The van der Waals surface area contributed by atoms with Gasteiger partial charge < -0.3 is 10.1 Å². The standard InChI is InChI=1S/C12H11BrF3N3O/c1-7-8(6-18-19-7)5-17-10-3-2-9(13)4-11(10)20-12(14,15)16/h2-4,6,17H,5H2,1H3,(H,18,19). The summed E-state index contributed by atoms with van der Waals surface area (Å²) in [7, 11) is 0. The van der Waals surface area contributed by atoms with Gasteiger partial charge >= 0.3 is 6.36 Å². The van der Waals surface area contributed by atoms with Gasteiger partial charge in [0, 0.05) is 22.3 Å². The summed E-state index contributed by atoms with van der Waals surface area (Å²) >= 11 is 3.12. The molecular formula is C12H11BrF3N3O. The molecule has 108 valence electrons. The van der Waals surface area contributed by atoms with Crippen molar-refractivity contribution < 1.29 is 17.9 Å². The lowest BCUT2D eigenvalue weighted by molar-refractivity contribution is -0.274. The van der Waals surface area contributed by atoms with Gasteiger partial charge in [-0.05, 0) is 25.1 Å². The van der Waals surface area contributed by atoms with Gasteiger partial charge in [0.05, 0.1) is 11.9 Å². The van der Waals surface area contributed by atoms with Crippen molar-refractivity contribution in [2.45, 2.75) is 19.8 Å². The molecule has 0 aliphatic carbocycles. The Hall–Kier alpha value is -1.70. The Balaban J connectivity index is 2.16. The fourth-order valence-electron chi connectivity index (χ4n) is 1.60. The topological polar surface area (TPSA) is 49.9 Å². The number of aromatic nitrogens is 2. The number of ether oxygens (including phenoxy) is 1. The van der Waals surface area contributed by atoms with Crippen LogP contribution in [0.25, 0.3) is 0 Å². The first kappa shape index (κ1) is 14.7. The first-order valence-corrected chi connectivity index (χ1v) is 6.42. The van der Waals surface area contributed by atoms with Crippen LogP contribution < -0.4 is 10.1 Å². The first-order valence-electron chi connectivity index (χ1n) is 5.63. The van der Waals surface area contributed by atoms with Crippen LogP contribution in [0.1, 0.15) is 11.3 Å². The molecule has 0 radical (unpaired) electrons. The number of H-pyrrole nitrogens is 1. The van der Waals surface area contributed by atoms with Crippen LogP contribution in [0.4, 0.5) is 18.9 Å². The van der Waals surface area contributed by atoms with E-state index < -0.39 is 6.36 Å². The zero-order valence-electron chi connectivity index (χ0n) is 10.4. The Labute approximate surface area is 121 Å². The third-order valence-corrected chi connectivity index (χ3v) is 3.07. The van der Waals surface area contributed by atoms with E-state index in [1.807, 2.05) is 6.92 Å². The molecule has 0 spiro atoms. The fourth-order valence-corrected chi connectivity index (χ4v) is 1.94. The summed E-state index contributed by atoms with van der Waals surface area (Å²) < 4.78 is 41.6. The maximum atomic E-state index is 12.4. The van der Waals surface area contributed by atoms with Crippen molar-refractivity contribution in [3.8, 4) is 5.75 Å². The van der Waals surface area contributed by atoms with E-state index in [1.54, 1.807) is 12.3 Å². The van der Waals surface area contributed by atoms with Crippen molar-refractivity contribution in [2.24, 2.45) is 0 Å². The van der Waals surface area contributed by atoms with E-state index in [2.05, 4.69) is 36.2 Å². The minimum Gasteiger partial charge on any atom is -0.404 e. The summed E-state index contributed by atoms with van der Waals surface area (Å²) in [5, 5.41) is 9.50. The van der Waals surface area contributed by atoms with E-state index in [0.29, 0.717) is 11.0 Å². The molecule has 0 fully saturated rings. The van der Waals surface area contributed by atoms with Crippen molar-refractivity contribution in [3.05, 3.63) is 40.1 Å². The number of rotatable bonds is 4. The summed E-state index contributed by atoms with van der Waals surface area (Å²) in [5.74, 6) is -0.284. The Morgan fingerprint density at radius 1 is 1.40 bits per heavy atom. The van der Waals surface area contributed by atoms with Crippen LogP contribution in [-0.4, -0.2) is 16.6 Å². The number of benzene rings is 1. The summed E-state index contributed by atoms with van der Waals surface area (Å²) in [6.45, 7) is 2.18. The van der Waals surface area contributed by atoms with Gasteiger partial charge in [0.2, 0.25) is 0 Å². The van der Waals surface area contributed by atoms with Gasteiger partial charge in [-0.25, -0.2) is 0 Å². The van der Waals surface area contributed by atoms with Crippen molar-refractivity contribution in [1.29, 1.82) is 0 Å². The quantitative estimate of drug-likeness (QED) is 0.877. The fraction of sp³-hybridized carbons (Fsp3) is 0.250. The Morgan fingerprint density at radius 2 is 2.15 bits per heavy atom. The molecular weight excluding hydrogens is 339 g/mol. The van der Waals surface area contributed by atoms with Crippen molar-refractivity contribution in [3.63, 3.8) is 0 Å². The molecule has 1 aromatic carbocycles. The first-order chi connectivity index (χ1) is 9.35. The van der Waals surface area contributed by atoms with E-state index >= 15 is 0 Å². The van der Waals surface area contributed by atoms with E-state index in [4.69, 9.17) is 0 Å². The molecule has 0 atom stereocenters. The molecule has 8 heteroatoms. The molecule has 0 amide bonds. The number of hydrogen-bond acceptors (Lipinski definition) is 3. The lowest BCUT2D eigenvalue weighted by atomic mass is 10.2. The van der Waals surface area contributed by atoms with Gasteiger partial charge in [0.25, 0.3) is 0 Å². The van der Waals surface area contributed by atoms with Crippen LogP contribution in [0.5, 0.6) is 5.75 Å². The number of aryl methyl sites for hydroxylation is 1. The molecule has 2 aromatic rings. The number of hydrogen-bond donors (Lipinski definition) is 2. The van der Waals surface area contributed by atoms with Crippen LogP contribution in [0.15, 0.2) is 28.9 Å². The highest BCUT2D eigenvalue weighted by atomic mass is 79.9. The molecule has 0 saturated heterocycles. The summed E-state index contributed by atoms with van der Waals surface area (Å²) in [6.07, 6.45) is -3.12. The van der Waals surface area contributed by atoms with Crippen LogP contribution in [-0.2, 0) is 6.54 Å². The van der Waals surface area contributed by atoms with E-state index in [0.717, 1.165) is 11.3 Å². The molecule has 0 unspecified atom stereocenters. The van der Waals surface area contributed by atoms with E-state index in [1.165, 1.54) is 12.1 Å². The molecule has 1 heterocycles. The summed E-state index contributed by atoms with van der Waals surface area (Å²) in [6, 6.07) is 4.41. The molecule has 20 heavy (non-hydrogen) atoms. The number of aromatic amines is 1. The van der Waals surface area contributed by atoms with Crippen LogP contribution >= 0.6 is 15.9 Å². The number of halogens is 4. The molecule has 2 N–H and O–H groups in total. The van der Waals surface area contributed by atoms with E-state index in [-0.39, 0.29) is 11.4 Å². The molecule has 0 saturated carbocycles. The number of anilines is 1. The summed E-state index contributed by atoms with van der Waals surface area (Å²) in [5.41, 5.74) is 1.98. The maximum Gasteiger partial charge on any atom is 0.573 e. The maximum absolute atomic E-state index is 12.4. The molecule has 1 aromatic heterocycles. The Kier molecular flexibility index (Phi) is 4.22. The lowest BCUT2D eigenvalue weighted by Crippen LogP contribution is -2.18. The second-order valence-electron chi connectivity index (χ2n) is 4.06. The Bertz CT molecular complexity index is 598. The second kappa shape index (κ2) is 5.74. The van der Waals surface area contributed by atoms with Gasteiger partial charge in [-0.15, -0.1) is 13.2 Å². The monoisotopic (exact) mass is 349 g/mol. The van der Waals surface area contributed by atoms with Gasteiger partial charge in [-0.2, -0.15) is 5.10 Å². The van der Waals surface area contributed by atoms with Crippen LogP contribution in [0, 0.1) is 6.92 Å². The average Bonchev–Trinajstić information content (AvgIpc) is 2.72. The molecule has 2 rings (SSSR count). The van der Waals surface area contributed by atoms with Gasteiger partial charge in [-0.1, -0.05) is 15.9 Å². The third-order valence-electron chi connectivity index (χ3n) is 2.57.